The molecule has 1 fully saturated rings. The van der Waals surface area contributed by atoms with Crippen LogP contribution in [-0.2, 0) is 16.0 Å². The first-order valence-corrected chi connectivity index (χ1v) is 8.45. The molecule has 5 heteroatoms. The van der Waals surface area contributed by atoms with Crippen molar-refractivity contribution in [1.82, 2.24) is 5.32 Å². The fourth-order valence-corrected chi connectivity index (χ4v) is 3.72. The molecule has 21 heavy (non-hydrogen) atoms. The minimum Gasteiger partial charge on any atom is -0.481 e. The van der Waals surface area contributed by atoms with Gasteiger partial charge in [0.05, 0.1) is 5.41 Å². The van der Waals surface area contributed by atoms with E-state index >= 15 is 0 Å². The molecule has 0 radical (unpaired) electrons. The summed E-state index contributed by atoms with van der Waals surface area (Å²) in [5, 5.41) is 14.4. The number of carboxylic acid groups (broad SMARTS) is 1. The van der Waals surface area contributed by atoms with Crippen molar-refractivity contribution in [3.63, 3.8) is 0 Å². The maximum atomic E-state index is 12.0. The van der Waals surface area contributed by atoms with Gasteiger partial charge in [-0.15, -0.1) is 11.3 Å². The number of hydrogen-bond donors (Lipinski definition) is 2. The fraction of sp³-hybridized carbons (Fsp3) is 0.625. The van der Waals surface area contributed by atoms with Gasteiger partial charge in [0, 0.05) is 17.3 Å². The van der Waals surface area contributed by atoms with Gasteiger partial charge in [0.1, 0.15) is 0 Å². The van der Waals surface area contributed by atoms with Crippen LogP contribution in [0.4, 0.5) is 0 Å². The average molecular weight is 309 g/mol. The average Bonchev–Trinajstić information content (AvgIpc) is 2.94. The maximum absolute atomic E-state index is 12.0. The van der Waals surface area contributed by atoms with Crippen molar-refractivity contribution >= 4 is 23.2 Å². The molecule has 0 bridgehead atoms. The zero-order chi connectivity index (χ0) is 15.3. The first-order valence-electron chi connectivity index (χ1n) is 7.57. The lowest BCUT2D eigenvalue weighted by atomic mass is 9.71. The highest BCUT2D eigenvalue weighted by Crippen LogP contribution is 2.36. The summed E-state index contributed by atoms with van der Waals surface area (Å²) in [5.74, 6) is -0.822. The predicted molar refractivity (Wildman–Crippen MR) is 83.4 cm³/mol. The molecule has 0 aliphatic heterocycles. The standard InChI is InChI=1S/C16H23NO3S/c1-16(15(19)20)10-3-2-8-13(16)17-14(18)9-4-6-12-7-5-11-21-12/h5,7,11,13H,2-4,6,8-10H2,1H3,(H,17,18)(H,19,20). The van der Waals surface area contributed by atoms with Gasteiger partial charge in [-0.3, -0.25) is 9.59 Å². The van der Waals surface area contributed by atoms with Crippen LogP contribution in [0.5, 0.6) is 0 Å². The molecule has 1 saturated carbocycles. The highest BCUT2D eigenvalue weighted by molar-refractivity contribution is 7.09. The topological polar surface area (TPSA) is 66.4 Å². The molecule has 2 unspecified atom stereocenters. The Hall–Kier alpha value is -1.36. The molecule has 116 valence electrons. The molecule has 1 aliphatic rings. The molecule has 2 atom stereocenters. The molecule has 1 aliphatic carbocycles. The molecule has 1 heterocycles. The van der Waals surface area contributed by atoms with Gasteiger partial charge in [0.2, 0.25) is 5.91 Å². The highest BCUT2D eigenvalue weighted by Gasteiger charge is 2.43. The number of carboxylic acids is 1. The number of nitrogens with one attached hydrogen (secondary N) is 1. The van der Waals surface area contributed by atoms with Crippen LogP contribution in [0.2, 0.25) is 0 Å². The SMILES string of the molecule is CC1(C(=O)O)CCCCC1NC(=O)CCCc1cccs1. The van der Waals surface area contributed by atoms with Gasteiger partial charge in [0.25, 0.3) is 0 Å². The lowest BCUT2D eigenvalue weighted by Gasteiger charge is -2.38. The van der Waals surface area contributed by atoms with Crippen LogP contribution in [-0.4, -0.2) is 23.0 Å². The first kappa shape index (κ1) is 16.0. The Kier molecular flexibility index (Phi) is 5.39. The van der Waals surface area contributed by atoms with Gasteiger partial charge in [-0.25, -0.2) is 0 Å². The van der Waals surface area contributed by atoms with E-state index in [1.807, 2.05) is 11.4 Å². The second kappa shape index (κ2) is 7.07. The van der Waals surface area contributed by atoms with Gasteiger partial charge in [-0.05, 0) is 44.1 Å². The third-order valence-electron chi connectivity index (χ3n) is 4.44. The largest absolute Gasteiger partial charge is 0.481 e. The molecule has 1 aromatic rings. The summed E-state index contributed by atoms with van der Waals surface area (Å²) in [6.07, 6.45) is 5.50. The smallest absolute Gasteiger partial charge is 0.311 e. The van der Waals surface area contributed by atoms with E-state index in [1.165, 1.54) is 4.88 Å². The molecule has 0 saturated heterocycles. The van der Waals surface area contributed by atoms with Crippen molar-refractivity contribution in [2.45, 2.75) is 57.9 Å². The van der Waals surface area contributed by atoms with Crippen LogP contribution < -0.4 is 5.32 Å². The Bertz CT molecular complexity index is 486. The lowest BCUT2D eigenvalue weighted by molar-refractivity contribution is -0.152. The van der Waals surface area contributed by atoms with Crippen molar-refractivity contribution in [3.8, 4) is 0 Å². The molecular weight excluding hydrogens is 286 g/mol. The van der Waals surface area contributed by atoms with Crippen LogP contribution in [0.25, 0.3) is 0 Å². The molecule has 4 nitrogen and oxygen atoms in total. The van der Waals surface area contributed by atoms with Crippen LogP contribution in [0.15, 0.2) is 17.5 Å². The minimum absolute atomic E-state index is 0.0223. The summed E-state index contributed by atoms with van der Waals surface area (Å²) in [6, 6.07) is 3.85. The highest BCUT2D eigenvalue weighted by atomic mass is 32.1. The summed E-state index contributed by atoms with van der Waals surface area (Å²) in [6.45, 7) is 1.76. The zero-order valence-electron chi connectivity index (χ0n) is 12.4. The van der Waals surface area contributed by atoms with Crippen LogP contribution in [0, 0.1) is 5.41 Å². The molecule has 0 aromatic carbocycles. The Morgan fingerprint density at radius 1 is 1.48 bits per heavy atom. The van der Waals surface area contributed by atoms with E-state index in [0.717, 1.165) is 32.1 Å². The normalized spacial score (nSPS) is 25.5. The summed E-state index contributed by atoms with van der Waals surface area (Å²) >= 11 is 1.70. The molecule has 2 rings (SSSR count). The van der Waals surface area contributed by atoms with E-state index in [2.05, 4.69) is 11.4 Å². The van der Waals surface area contributed by atoms with E-state index in [4.69, 9.17) is 0 Å². The number of aliphatic carboxylic acids is 1. The van der Waals surface area contributed by atoms with Crippen LogP contribution in [0.3, 0.4) is 0 Å². The second-order valence-corrected chi connectivity index (χ2v) is 7.05. The van der Waals surface area contributed by atoms with Gasteiger partial charge in [-0.1, -0.05) is 18.9 Å². The van der Waals surface area contributed by atoms with E-state index in [9.17, 15) is 14.7 Å². The first-order chi connectivity index (χ1) is 10.0. The van der Waals surface area contributed by atoms with Crippen molar-refractivity contribution in [2.24, 2.45) is 5.41 Å². The van der Waals surface area contributed by atoms with E-state index in [-0.39, 0.29) is 11.9 Å². The van der Waals surface area contributed by atoms with Gasteiger partial charge in [0.15, 0.2) is 0 Å². The third kappa shape index (κ3) is 4.06. The van der Waals surface area contributed by atoms with Gasteiger partial charge < -0.3 is 10.4 Å². The number of thiophene rings is 1. The fourth-order valence-electron chi connectivity index (χ4n) is 2.97. The predicted octanol–water partition coefficient (Wildman–Crippen LogP) is 3.22. The van der Waals surface area contributed by atoms with Crippen LogP contribution in [0.1, 0.15) is 50.3 Å². The van der Waals surface area contributed by atoms with Gasteiger partial charge >= 0.3 is 5.97 Å². The Morgan fingerprint density at radius 3 is 2.95 bits per heavy atom. The number of carbonyl (C=O) groups is 2. The minimum atomic E-state index is -0.818. The quantitative estimate of drug-likeness (QED) is 0.848. The second-order valence-electron chi connectivity index (χ2n) is 6.02. The molecular formula is C16H23NO3S. The molecule has 1 aromatic heterocycles. The van der Waals surface area contributed by atoms with Gasteiger partial charge in [-0.2, -0.15) is 0 Å². The number of hydrogen-bond acceptors (Lipinski definition) is 3. The maximum Gasteiger partial charge on any atom is 0.311 e. The Balaban J connectivity index is 1.81. The Labute approximate surface area is 129 Å². The number of amides is 1. The third-order valence-corrected chi connectivity index (χ3v) is 5.38. The number of aryl methyl sites for hydroxylation is 1. The van der Waals surface area contributed by atoms with E-state index < -0.39 is 11.4 Å². The molecule has 1 amide bonds. The van der Waals surface area contributed by atoms with Crippen molar-refractivity contribution in [3.05, 3.63) is 22.4 Å². The van der Waals surface area contributed by atoms with Crippen molar-refractivity contribution in [1.29, 1.82) is 0 Å². The summed E-state index contributed by atoms with van der Waals surface area (Å²) in [5.41, 5.74) is -0.818. The summed E-state index contributed by atoms with van der Waals surface area (Å²) in [4.78, 5) is 24.8. The molecule has 2 N–H and O–H groups in total. The van der Waals surface area contributed by atoms with E-state index in [0.29, 0.717) is 12.8 Å². The molecule has 0 spiro atoms. The van der Waals surface area contributed by atoms with Crippen molar-refractivity contribution in [2.75, 3.05) is 0 Å². The summed E-state index contributed by atoms with van der Waals surface area (Å²) < 4.78 is 0. The van der Waals surface area contributed by atoms with Crippen molar-refractivity contribution < 1.29 is 14.7 Å². The summed E-state index contributed by atoms with van der Waals surface area (Å²) in [7, 11) is 0. The lowest BCUT2D eigenvalue weighted by Crippen LogP contribution is -2.52. The monoisotopic (exact) mass is 309 g/mol. The number of carbonyl (C=O) groups excluding carboxylic acids is 1. The number of rotatable bonds is 6. The van der Waals surface area contributed by atoms with E-state index in [1.54, 1.807) is 18.3 Å². The van der Waals surface area contributed by atoms with Crippen LogP contribution >= 0.6 is 11.3 Å². The zero-order valence-corrected chi connectivity index (χ0v) is 13.2. The Morgan fingerprint density at radius 2 is 2.29 bits per heavy atom.